The first-order valence-corrected chi connectivity index (χ1v) is 4.74. The smallest absolute Gasteiger partial charge is 0.192 e. The SMILES string of the molecule is CC1(Nc2nncc3ccoc23)CC1. The summed E-state index contributed by atoms with van der Waals surface area (Å²) in [6.45, 7) is 2.18. The summed E-state index contributed by atoms with van der Waals surface area (Å²) >= 11 is 0. The minimum atomic E-state index is 0.204. The van der Waals surface area contributed by atoms with E-state index in [-0.39, 0.29) is 5.54 Å². The molecule has 2 aromatic heterocycles. The molecular formula is C10H11N3O. The molecule has 1 fully saturated rings. The van der Waals surface area contributed by atoms with Crippen molar-refractivity contribution in [1.82, 2.24) is 10.2 Å². The second-order valence-electron chi connectivity index (χ2n) is 4.08. The molecule has 1 aliphatic rings. The summed E-state index contributed by atoms with van der Waals surface area (Å²) in [5, 5.41) is 12.3. The fourth-order valence-electron chi connectivity index (χ4n) is 1.49. The van der Waals surface area contributed by atoms with Crippen molar-refractivity contribution in [2.75, 3.05) is 5.32 Å². The van der Waals surface area contributed by atoms with Crippen LogP contribution in [0, 0.1) is 0 Å². The van der Waals surface area contributed by atoms with Gasteiger partial charge in [0.15, 0.2) is 11.4 Å². The Morgan fingerprint density at radius 1 is 1.50 bits per heavy atom. The van der Waals surface area contributed by atoms with Gasteiger partial charge < -0.3 is 9.73 Å². The zero-order chi connectivity index (χ0) is 9.60. The van der Waals surface area contributed by atoms with Gasteiger partial charge in [0.1, 0.15) is 0 Å². The number of anilines is 1. The van der Waals surface area contributed by atoms with Crippen LogP contribution in [0.25, 0.3) is 11.0 Å². The molecule has 0 bridgehead atoms. The van der Waals surface area contributed by atoms with Crippen molar-refractivity contribution in [3.8, 4) is 0 Å². The molecule has 0 spiro atoms. The molecule has 0 radical (unpaired) electrons. The zero-order valence-corrected chi connectivity index (χ0v) is 7.95. The molecule has 4 nitrogen and oxygen atoms in total. The molecule has 0 amide bonds. The Kier molecular flexibility index (Phi) is 1.37. The second kappa shape index (κ2) is 2.47. The number of nitrogens with zero attached hydrogens (tertiary/aromatic N) is 2. The van der Waals surface area contributed by atoms with Crippen molar-refractivity contribution in [1.29, 1.82) is 0 Å². The normalized spacial score (nSPS) is 18.4. The third kappa shape index (κ3) is 1.14. The highest BCUT2D eigenvalue weighted by Gasteiger charge is 2.38. The van der Waals surface area contributed by atoms with E-state index in [2.05, 4.69) is 22.4 Å². The van der Waals surface area contributed by atoms with Crippen LogP contribution in [-0.4, -0.2) is 15.7 Å². The Labute approximate surface area is 81.3 Å². The minimum Gasteiger partial charge on any atom is -0.460 e. The minimum absolute atomic E-state index is 0.204. The fourth-order valence-corrected chi connectivity index (χ4v) is 1.49. The van der Waals surface area contributed by atoms with Gasteiger partial charge in [-0.3, -0.25) is 0 Å². The molecule has 14 heavy (non-hydrogen) atoms. The Bertz CT molecular complexity index is 473. The van der Waals surface area contributed by atoms with Crippen molar-refractivity contribution >= 4 is 16.8 Å². The van der Waals surface area contributed by atoms with E-state index in [0.717, 1.165) is 16.8 Å². The molecule has 0 saturated heterocycles. The van der Waals surface area contributed by atoms with Gasteiger partial charge in [-0.25, -0.2) is 0 Å². The van der Waals surface area contributed by atoms with Gasteiger partial charge in [0.05, 0.1) is 12.5 Å². The van der Waals surface area contributed by atoms with Crippen LogP contribution in [0.1, 0.15) is 19.8 Å². The van der Waals surface area contributed by atoms with E-state index >= 15 is 0 Å². The fraction of sp³-hybridized carbons (Fsp3) is 0.400. The van der Waals surface area contributed by atoms with E-state index in [0.29, 0.717) is 0 Å². The van der Waals surface area contributed by atoms with Gasteiger partial charge in [-0.15, -0.1) is 5.10 Å². The Morgan fingerprint density at radius 3 is 3.14 bits per heavy atom. The monoisotopic (exact) mass is 189 g/mol. The zero-order valence-electron chi connectivity index (χ0n) is 7.95. The molecule has 1 N–H and O–H groups in total. The predicted octanol–water partition coefficient (Wildman–Crippen LogP) is 2.19. The lowest BCUT2D eigenvalue weighted by Crippen LogP contribution is -2.17. The summed E-state index contributed by atoms with van der Waals surface area (Å²) in [6, 6.07) is 1.89. The molecular weight excluding hydrogens is 178 g/mol. The number of furan rings is 1. The van der Waals surface area contributed by atoms with Crippen LogP contribution in [-0.2, 0) is 0 Å². The Hall–Kier alpha value is -1.58. The molecule has 1 saturated carbocycles. The largest absolute Gasteiger partial charge is 0.460 e. The predicted molar refractivity (Wildman–Crippen MR) is 53.1 cm³/mol. The Morgan fingerprint density at radius 2 is 2.36 bits per heavy atom. The summed E-state index contributed by atoms with van der Waals surface area (Å²) < 4.78 is 5.36. The number of hydrogen-bond donors (Lipinski definition) is 1. The maximum absolute atomic E-state index is 5.36. The number of rotatable bonds is 2. The first-order valence-electron chi connectivity index (χ1n) is 4.74. The number of aromatic nitrogens is 2. The molecule has 72 valence electrons. The van der Waals surface area contributed by atoms with Crippen LogP contribution < -0.4 is 5.32 Å². The summed E-state index contributed by atoms with van der Waals surface area (Å²) in [5.74, 6) is 0.757. The van der Waals surface area contributed by atoms with E-state index in [9.17, 15) is 0 Å². The molecule has 2 aromatic rings. The second-order valence-corrected chi connectivity index (χ2v) is 4.08. The molecule has 0 unspecified atom stereocenters. The maximum Gasteiger partial charge on any atom is 0.192 e. The highest BCUT2D eigenvalue weighted by atomic mass is 16.3. The van der Waals surface area contributed by atoms with Crippen molar-refractivity contribution in [3.05, 3.63) is 18.5 Å². The van der Waals surface area contributed by atoms with Gasteiger partial charge in [0, 0.05) is 10.9 Å². The molecule has 4 heteroatoms. The molecule has 1 aliphatic carbocycles. The summed E-state index contributed by atoms with van der Waals surface area (Å²) in [7, 11) is 0. The van der Waals surface area contributed by atoms with E-state index in [1.165, 1.54) is 12.8 Å². The lowest BCUT2D eigenvalue weighted by atomic mass is 10.3. The number of hydrogen-bond acceptors (Lipinski definition) is 4. The highest BCUT2D eigenvalue weighted by molar-refractivity contribution is 5.85. The first-order chi connectivity index (χ1) is 6.77. The van der Waals surface area contributed by atoms with Gasteiger partial charge in [0.25, 0.3) is 0 Å². The first kappa shape index (κ1) is 7.79. The molecule has 0 atom stereocenters. The van der Waals surface area contributed by atoms with E-state index in [4.69, 9.17) is 4.42 Å². The standard InChI is InChI=1S/C10H11N3O/c1-10(3-4-10)12-9-8-7(2-5-14-8)6-11-13-9/h2,5-6H,3-4H2,1H3,(H,12,13). The third-order valence-corrected chi connectivity index (χ3v) is 2.69. The molecule has 0 aliphatic heterocycles. The van der Waals surface area contributed by atoms with Crippen LogP contribution in [0.5, 0.6) is 0 Å². The van der Waals surface area contributed by atoms with Crippen LogP contribution in [0.15, 0.2) is 22.9 Å². The summed E-state index contributed by atoms with van der Waals surface area (Å²) in [5.41, 5.74) is 1.00. The van der Waals surface area contributed by atoms with Crippen molar-refractivity contribution in [2.45, 2.75) is 25.3 Å². The molecule has 2 heterocycles. The van der Waals surface area contributed by atoms with Gasteiger partial charge in [-0.05, 0) is 25.8 Å². The molecule has 3 rings (SSSR count). The lowest BCUT2D eigenvalue weighted by molar-refractivity contribution is 0.612. The lowest BCUT2D eigenvalue weighted by Gasteiger charge is -2.10. The average molecular weight is 189 g/mol. The van der Waals surface area contributed by atoms with Gasteiger partial charge in [-0.2, -0.15) is 5.10 Å². The van der Waals surface area contributed by atoms with Crippen molar-refractivity contribution in [2.24, 2.45) is 0 Å². The number of fused-ring (bicyclic) bond motifs is 1. The van der Waals surface area contributed by atoms with Crippen molar-refractivity contribution in [3.63, 3.8) is 0 Å². The van der Waals surface area contributed by atoms with E-state index < -0.39 is 0 Å². The quantitative estimate of drug-likeness (QED) is 0.786. The highest BCUT2D eigenvalue weighted by Crippen LogP contribution is 2.38. The van der Waals surface area contributed by atoms with Crippen molar-refractivity contribution < 1.29 is 4.42 Å². The maximum atomic E-state index is 5.36. The van der Waals surface area contributed by atoms with Crippen LogP contribution in [0.3, 0.4) is 0 Å². The average Bonchev–Trinajstić information content (AvgIpc) is 2.73. The van der Waals surface area contributed by atoms with Gasteiger partial charge >= 0.3 is 0 Å². The third-order valence-electron chi connectivity index (χ3n) is 2.69. The Balaban J connectivity index is 2.06. The van der Waals surface area contributed by atoms with E-state index in [1.54, 1.807) is 12.5 Å². The number of nitrogens with one attached hydrogen (secondary N) is 1. The van der Waals surface area contributed by atoms with Gasteiger partial charge in [0.2, 0.25) is 0 Å². The molecule has 0 aromatic carbocycles. The van der Waals surface area contributed by atoms with Gasteiger partial charge in [-0.1, -0.05) is 0 Å². The van der Waals surface area contributed by atoms with Crippen LogP contribution >= 0.6 is 0 Å². The summed E-state index contributed by atoms with van der Waals surface area (Å²) in [6.07, 6.45) is 5.74. The summed E-state index contributed by atoms with van der Waals surface area (Å²) in [4.78, 5) is 0. The van der Waals surface area contributed by atoms with E-state index in [1.807, 2.05) is 6.07 Å². The topological polar surface area (TPSA) is 51.0 Å². The van der Waals surface area contributed by atoms with Crippen LogP contribution in [0.4, 0.5) is 5.82 Å². The van der Waals surface area contributed by atoms with Crippen LogP contribution in [0.2, 0.25) is 0 Å².